The van der Waals surface area contributed by atoms with Gasteiger partial charge in [0.05, 0.1) is 18.2 Å². The van der Waals surface area contributed by atoms with Crippen molar-refractivity contribution in [3.8, 4) is 5.88 Å². The van der Waals surface area contributed by atoms with Crippen LogP contribution in [0.2, 0.25) is 0 Å². The molecule has 174 valence electrons. The third kappa shape index (κ3) is 4.58. The lowest BCUT2D eigenvalue weighted by Gasteiger charge is -2.34. The van der Waals surface area contributed by atoms with Crippen molar-refractivity contribution in [1.82, 2.24) is 29.8 Å². The second-order valence-corrected chi connectivity index (χ2v) is 7.95. The van der Waals surface area contributed by atoms with Crippen molar-refractivity contribution < 1.29 is 23.9 Å². The Kier molecular flexibility index (Phi) is 6.40. The summed E-state index contributed by atoms with van der Waals surface area (Å²) >= 11 is 0. The smallest absolute Gasteiger partial charge is 0.262 e. The van der Waals surface area contributed by atoms with Crippen LogP contribution in [0.25, 0.3) is 0 Å². The molecule has 2 aliphatic heterocycles. The van der Waals surface area contributed by atoms with E-state index in [0.29, 0.717) is 61.8 Å². The Labute approximate surface area is 190 Å². The molecule has 1 aromatic heterocycles. The van der Waals surface area contributed by atoms with Crippen LogP contribution in [0, 0.1) is 0 Å². The Morgan fingerprint density at radius 3 is 2.30 bits per heavy atom. The number of ether oxygens (including phenoxy) is 1. The molecular weight excluding hydrogens is 428 g/mol. The highest BCUT2D eigenvalue weighted by atomic mass is 16.5. The summed E-state index contributed by atoms with van der Waals surface area (Å²) in [6.07, 6.45) is 1.65. The first-order valence-electron chi connectivity index (χ1n) is 10.7. The summed E-state index contributed by atoms with van der Waals surface area (Å²) in [6, 6.07) is 6.55. The van der Waals surface area contributed by atoms with Gasteiger partial charge in [0.15, 0.2) is 0 Å². The summed E-state index contributed by atoms with van der Waals surface area (Å²) in [5.41, 5.74) is 1.09. The van der Waals surface area contributed by atoms with Crippen LogP contribution in [-0.2, 0) is 11.8 Å². The van der Waals surface area contributed by atoms with Gasteiger partial charge in [0, 0.05) is 52.5 Å². The number of hydrogen-bond donors (Lipinski definition) is 1. The average molecular weight is 454 g/mol. The number of benzene rings is 1. The quantitative estimate of drug-likeness (QED) is 0.566. The number of amides is 4. The molecule has 0 radical (unpaired) electrons. The highest BCUT2D eigenvalue weighted by molar-refractivity contribution is 6.22. The Hall–Kier alpha value is -3.73. The van der Waals surface area contributed by atoms with Gasteiger partial charge in [0.1, 0.15) is 12.1 Å². The number of nitrogens with one attached hydrogen (secondary N) is 1. The molecule has 11 heteroatoms. The molecule has 33 heavy (non-hydrogen) atoms. The molecule has 1 aromatic carbocycles. The summed E-state index contributed by atoms with van der Waals surface area (Å²) in [7, 11) is 3.22. The van der Waals surface area contributed by atoms with Gasteiger partial charge in [0.25, 0.3) is 17.7 Å². The van der Waals surface area contributed by atoms with Crippen molar-refractivity contribution >= 4 is 23.6 Å². The van der Waals surface area contributed by atoms with E-state index in [2.05, 4.69) is 15.3 Å². The minimum atomic E-state index is -0.447. The summed E-state index contributed by atoms with van der Waals surface area (Å²) in [6.45, 7) is 3.13. The highest BCUT2D eigenvalue weighted by Gasteiger charge is 2.36. The van der Waals surface area contributed by atoms with Crippen LogP contribution in [0.1, 0.15) is 31.1 Å². The average Bonchev–Trinajstić information content (AvgIpc) is 3.32. The summed E-state index contributed by atoms with van der Waals surface area (Å²) in [5, 5.41) is 6.89. The van der Waals surface area contributed by atoms with Crippen molar-refractivity contribution in [3.63, 3.8) is 0 Å². The van der Waals surface area contributed by atoms with Crippen molar-refractivity contribution in [2.24, 2.45) is 7.05 Å². The molecule has 3 heterocycles. The number of rotatable bonds is 7. The molecule has 0 atom stereocenters. The van der Waals surface area contributed by atoms with E-state index in [0.717, 1.165) is 4.90 Å². The van der Waals surface area contributed by atoms with Crippen LogP contribution in [0.4, 0.5) is 0 Å². The number of imide groups is 1. The monoisotopic (exact) mass is 454 g/mol. The predicted octanol–water partition coefficient (Wildman–Crippen LogP) is -0.401. The highest BCUT2D eigenvalue weighted by Crippen LogP contribution is 2.22. The Balaban J connectivity index is 1.20. The third-order valence-corrected chi connectivity index (χ3v) is 5.81. The topological polar surface area (TPSA) is 117 Å². The lowest BCUT2D eigenvalue weighted by atomic mass is 10.1. The van der Waals surface area contributed by atoms with E-state index in [1.54, 1.807) is 47.1 Å². The van der Waals surface area contributed by atoms with E-state index in [1.807, 2.05) is 0 Å². The van der Waals surface area contributed by atoms with Crippen molar-refractivity contribution in [2.75, 3.05) is 52.9 Å². The van der Waals surface area contributed by atoms with E-state index in [-0.39, 0.29) is 18.4 Å². The zero-order valence-corrected chi connectivity index (χ0v) is 18.6. The van der Waals surface area contributed by atoms with E-state index in [4.69, 9.17) is 4.74 Å². The molecule has 1 saturated heterocycles. The molecule has 4 amide bonds. The van der Waals surface area contributed by atoms with Crippen LogP contribution in [0.15, 0.2) is 30.5 Å². The predicted molar refractivity (Wildman–Crippen MR) is 117 cm³/mol. The summed E-state index contributed by atoms with van der Waals surface area (Å²) < 4.78 is 6.73. The second kappa shape index (κ2) is 9.41. The Bertz CT molecular complexity index is 1050. The maximum Gasteiger partial charge on any atom is 0.262 e. The van der Waals surface area contributed by atoms with Gasteiger partial charge in [-0.05, 0) is 12.1 Å². The minimum Gasteiger partial charge on any atom is -0.479 e. The lowest BCUT2D eigenvalue weighted by molar-refractivity contribution is -0.121. The number of nitrogens with zero attached hydrogens (tertiary/aromatic N) is 5. The largest absolute Gasteiger partial charge is 0.479 e. The fourth-order valence-electron chi connectivity index (χ4n) is 4.05. The molecule has 4 rings (SSSR count). The maximum atomic E-state index is 12.8. The fourth-order valence-corrected chi connectivity index (χ4v) is 4.05. The number of fused-ring (bicyclic) bond motifs is 1. The first kappa shape index (κ1) is 22.5. The number of aryl methyl sites for hydroxylation is 1. The van der Waals surface area contributed by atoms with Gasteiger partial charge >= 0.3 is 0 Å². The van der Waals surface area contributed by atoms with Crippen LogP contribution in [0.3, 0.4) is 0 Å². The van der Waals surface area contributed by atoms with Crippen molar-refractivity contribution in [2.45, 2.75) is 0 Å². The van der Waals surface area contributed by atoms with Crippen LogP contribution in [0.5, 0.6) is 5.88 Å². The Morgan fingerprint density at radius 1 is 1.06 bits per heavy atom. The minimum absolute atomic E-state index is 0.117. The SMILES string of the molecule is COc1nn(C)cc1C(=O)N1CCN(CCNC(=O)CN2C(=O)c3ccccc3C2=O)CC1. The first-order valence-corrected chi connectivity index (χ1v) is 10.7. The van der Waals surface area contributed by atoms with Crippen molar-refractivity contribution in [1.29, 1.82) is 0 Å². The molecule has 11 nitrogen and oxygen atoms in total. The number of piperazine rings is 1. The summed E-state index contributed by atoms with van der Waals surface area (Å²) in [5.74, 6) is -1.09. The van der Waals surface area contributed by atoms with Gasteiger partial charge in [-0.1, -0.05) is 12.1 Å². The number of methoxy groups -OCH3 is 1. The van der Waals surface area contributed by atoms with Crippen LogP contribution in [-0.4, -0.2) is 101 Å². The van der Waals surface area contributed by atoms with E-state index in [9.17, 15) is 19.2 Å². The van der Waals surface area contributed by atoms with Gasteiger partial charge in [-0.15, -0.1) is 5.10 Å². The van der Waals surface area contributed by atoms with Gasteiger partial charge in [0.2, 0.25) is 11.8 Å². The van der Waals surface area contributed by atoms with E-state index in [1.165, 1.54) is 7.11 Å². The third-order valence-electron chi connectivity index (χ3n) is 5.81. The number of carbonyl (C=O) groups is 4. The molecule has 0 bridgehead atoms. The van der Waals surface area contributed by atoms with Gasteiger partial charge in [-0.3, -0.25) is 33.7 Å². The lowest BCUT2D eigenvalue weighted by Crippen LogP contribution is -2.50. The molecular formula is C22H26N6O5. The zero-order valence-electron chi connectivity index (χ0n) is 18.6. The normalized spacial score (nSPS) is 16.2. The van der Waals surface area contributed by atoms with Crippen LogP contribution >= 0.6 is 0 Å². The number of carbonyl (C=O) groups excluding carboxylic acids is 4. The molecule has 0 aliphatic carbocycles. The van der Waals surface area contributed by atoms with Crippen LogP contribution < -0.4 is 10.1 Å². The van der Waals surface area contributed by atoms with Gasteiger partial charge < -0.3 is 15.0 Å². The fraction of sp³-hybridized carbons (Fsp3) is 0.409. The molecule has 0 spiro atoms. The zero-order chi connectivity index (χ0) is 23.5. The van der Waals surface area contributed by atoms with Gasteiger partial charge in [-0.2, -0.15) is 0 Å². The molecule has 2 aromatic rings. The molecule has 0 saturated carbocycles. The van der Waals surface area contributed by atoms with E-state index >= 15 is 0 Å². The molecule has 2 aliphatic rings. The molecule has 1 fully saturated rings. The maximum absolute atomic E-state index is 12.8. The van der Waals surface area contributed by atoms with E-state index < -0.39 is 11.8 Å². The van der Waals surface area contributed by atoms with Crippen molar-refractivity contribution in [3.05, 3.63) is 47.2 Å². The Morgan fingerprint density at radius 2 is 1.70 bits per heavy atom. The number of aromatic nitrogens is 2. The molecule has 1 N–H and O–H groups in total. The molecule has 0 unspecified atom stereocenters. The van der Waals surface area contributed by atoms with Gasteiger partial charge in [-0.25, -0.2) is 0 Å². The second-order valence-electron chi connectivity index (χ2n) is 7.95. The standard InChI is InChI=1S/C22H26N6O5/c1-25-13-17(19(24-25)33-2)20(30)27-11-9-26(10-12-27)8-7-23-18(29)14-28-21(31)15-5-3-4-6-16(15)22(28)32/h3-6,13H,7-12,14H2,1-2H3,(H,23,29). The number of hydrogen-bond acceptors (Lipinski definition) is 7. The first-order chi connectivity index (χ1) is 15.9. The summed E-state index contributed by atoms with van der Waals surface area (Å²) in [4.78, 5) is 54.7.